The number of para-hydroxylation sites is 1. The average molecular weight is 416 g/mol. The summed E-state index contributed by atoms with van der Waals surface area (Å²) in [6.07, 6.45) is 0.894. The van der Waals surface area contributed by atoms with E-state index in [0.717, 1.165) is 23.2 Å². The van der Waals surface area contributed by atoms with Gasteiger partial charge in [0, 0.05) is 11.3 Å². The van der Waals surface area contributed by atoms with Crippen molar-refractivity contribution in [2.45, 2.75) is 27.2 Å². The molecule has 2 aromatic rings. The summed E-state index contributed by atoms with van der Waals surface area (Å²) >= 11 is 5.37. The highest BCUT2D eigenvalue weighted by Gasteiger charge is 2.10. The van der Waals surface area contributed by atoms with E-state index in [9.17, 15) is 4.79 Å². The number of hydrogen-bond acceptors (Lipinski definition) is 5. The number of nitrogens with one attached hydrogen (secondary N) is 2. The number of carbonyl (C=O) groups is 1. The number of nitrogens with zero attached hydrogens (tertiary/aromatic N) is 1. The van der Waals surface area contributed by atoms with Crippen LogP contribution in [0.3, 0.4) is 0 Å². The Morgan fingerprint density at radius 2 is 2.00 bits per heavy atom. The summed E-state index contributed by atoms with van der Waals surface area (Å²) in [4.78, 5) is 10.7. The van der Waals surface area contributed by atoms with Crippen LogP contribution in [0.1, 0.15) is 30.5 Å². The van der Waals surface area contributed by atoms with Crippen LogP contribution in [0.2, 0.25) is 0 Å². The highest BCUT2D eigenvalue weighted by Crippen LogP contribution is 2.28. The zero-order chi connectivity index (χ0) is 21.4. The molecule has 8 heteroatoms. The lowest BCUT2D eigenvalue weighted by Gasteiger charge is -2.14. The summed E-state index contributed by atoms with van der Waals surface area (Å²) in [5.74, 6) is -0.284. The lowest BCUT2D eigenvalue weighted by molar-refractivity contribution is -0.139. The van der Waals surface area contributed by atoms with E-state index >= 15 is 0 Å². The molecule has 154 valence electrons. The van der Waals surface area contributed by atoms with Gasteiger partial charge in [-0.15, -0.1) is 0 Å². The third-order valence-electron chi connectivity index (χ3n) is 4.24. The number of benzene rings is 2. The third kappa shape index (κ3) is 6.18. The largest absolute Gasteiger partial charge is 0.493 e. The van der Waals surface area contributed by atoms with Crippen molar-refractivity contribution >= 4 is 34.7 Å². The van der Waals surface area contributed by atoms with E-state index in [4.69, 9.17) is 26.8 Å². The molecule has 0 atom stereocenters. The summed E-state index contributed by atoms with van der Waals surface area (Å²) in [7, 11) is 1.49. The molecule has 0 aliphatic heterocycles. The zero-order valence-corrected chi connectivity index (χ0v) is 17.7. The van der Waals surface area contributed by atoms with Crippen molar-refractivity contribution in [2.24, 2.45) is 5.10 Å². The van der Waals surface area contributed by atoms with Crippen LogP contribution in [0.25, 0.3) is 0 Å². The smallest absolute Gasteiger partial charge is 0.341 e. The maximum atomic E-state index is 10.7. The predicted octanol–water partition coefficient (Wildman–Crippen LogP) is 3.74. The summed E-state index contributed by atoms with van der Waals surface area (Å²) in [6, 6.07) is 11.3. The van der Waals surface area contributed by atoms with Gasteiger partial charge in [-0.2, -0.15) is 5.10 Å². The molecule has 0 saturated heterocycles. The van der Waals surface area contributed by atoms with Crippen molar-refractivity contribution in [3.05, 3.63) is 53.1 Å². The van der Waals surface area contributed by atoms with Crippen molar-refractivity contribution < 1.29 is 19.4 Å². The first-order chi connectivity index (χ1) is 13.8. The number of ether oxygens (including phenoxy) is 2. The molecule has 0 bridgehead atoms. The molecule has 0 amide bonds. The van der Waals surface area contributed by atoms with E-state index in [1.165, 1.54) is 12.7 Å². The highest BCUT2D eigenvalue weighted by molar-refractivity contribution is 7.80. The Hall–Kier alpha value is -3.13. The van der Waals surface area contributed by atoms with Crippen LogP contribution in [0.5, 0.6) is 11.5 Å². The zero-order valence-electron chi connectivity index (χ0n) is 16.9. The Morgan fingerprint density at radius 1 is 1.24 bits per heavy atom. The monoisotopic (exact) mass is 415 g/mol. The number of aliphatic carboxylic acids is 1. The normalized spacial score (nSPS) is 11.0. The first-order valence-electron chi connectivity index (χ1n) is 9.08. The summed E-state index contributed by atoms with van der Waals surface area (Å²) in [5, 5.41) is 16.7. The van der Waals surface area contributed by atoms with E-state index < -0.39 is 12.6 Å². The molecule has 3 N–H and O–H groups in total. The van der Waals surface area contributed by atoms with Crippen LogP contribution >= 0.6 is 12.2 Å². The van der Waals surface area contributed by atoms with Gasteiger partial charge in [-0.25, -0.2) is 4.79 Å². The van der Waals surface area contributed by atoms with Crippen molar-refractivity contribution in [3.8, 4) is 11.5 Å². The van der Waals surface area contributed by atoms with Crippen LogP contribution in [0, 0.1) is 6.92 Å². The second-order valence-electron chi connectivity index (χ2n) is 6.27. The lowest BCUT2D eigenvalue weighted by atomic mass is 10.1. The number of hydrogen-bond donors (Lipinski definition) is 3. The molecular weight excluding hydrogens is 390 g/mol. The van der Waals surface area contributed by atoms with Gasteiger partial charge in [0.15, 0.2) is 23.2 Å². The van der Waals surface area contributed by atoms with Crippen LogP contribution in [-0.2, 0) is 11.2 Å². The van der Waals surface area contributed by atoms with Gasteiger partial charge in [0.1, 0.15) is 0 Å². The van der Waals surface area contributed by atoms with Crippen LogP contribution in [0.15, 0.2) is 41.5 Å². The lowest BCUT2D eigenvalue weighted by Crippen LogP contribution is -2.26. The minimum absolute atomic E-state index is 0.350. The minimum atomic E-state index is -1.06. The molecule has 7 nitrogen and oxygen atoms in total. The van der Waals surface area contributed by atoms with E-state index in [0.29, 0.717) is 22.3 Å². The van der Waals surface area contributed by atoms with Gasteiger partial charge >= 0.3 is 5.97 Å². The number of carboxylic acid groups (broad SMARTS) is 1. The van der Waals surface area contributed by atoms with Gasteiger partial charge < -0.3 is 19.9 Å². The maximum absolute atomic E-state index is 10.7. The fraction of sp³-hybridized carbons (Fsp3) is 0.286. The molecule has 0 fully saturated rings. The Balaban J connectivity index is 2.09. The quantitative estimate of drug-likeness (QED) is 0.344. The molecule has 29 heavy (non-hydrogen) atoms. The molecule has 0 spiro atoms. The van der Waals surface area contributed by atoms with Gasteiger partial charge in [0.25, 0.3) is 0 Å². The number of rotatable bonds is 8. The van der Waals surface area contributed by atoms with E-state index in [1.807, 2.05) is 26.0 Å². The van der Waals surface area contributed by atoms with Crippen LogP contribution in [0.4, 0.5) is 5.69 Å². The van der Waals surface area contributed by atoms with Crippen LogP contribution < -0.4 is 20.2 Å². The second-order valence-corrected chi connectivity index (χ2v) is 6.68. The van der Waals surface area contributed by atoms with E-state index in [1.54, 1.807) is 18.2 Å². The number of carboxylic acids is 1. The maximum Gasteiger partial charge on any atom is 0.341 e. The first-order valence-corrected chi connectivity index (χ1v) is 9.49. The molecule has 0 unspecified atom stereocenters. The molecule has 0 aromatic heterocycles. The Kier molecular flexibility index (Phi) is 7.97. The first kappa shape index (κ1) is 22.2. The molecule has 0 aliphatic rings. The van der Waals surface area contributed by atoms with Gasteiger partial charge in [0.2, 0.25) is 0 Å². The SMILES string of the molecule is CCc1cccc(C)c1NC(=S)N/N=C(/C)c1ccc(OCC(=O)O)c(OC)c1. The predicted molar refractivity (Wildman–Crippen MR) is 118 cm³/mol. The topological polar surface area (TPSA) is 92.2 Å². The molecule has 0 radical (unpaired) electrons. The van der Waals surface area contributed by atoms with Gasteiger partial charge in [-0.05, 0) is 61.8 Å². The van der Waals surface area contributed by atoms with Gasteiger partial charge in [-0.3, -0.25) is 5.43 Å². The summed E-state index contributed by atoms with van der Waals surface area (Å²) in [5.41, 5.74) is 7.59. The van der Waals surface area contributed by atoms with Crippen molar-refractivity contribution in [1.29, 1.82) is 0 Å². The molecule has 2 rings (SSSR count). The Labute approximate surface area is 175 Å². The Morgan fingerprint density at radius 3 is 2.66 bits per heavy atom. The van der Waals surface area contributed by atoms with Crippen molar-refractivity contribution in [3.63, 3.8) is 0 Å². The summed E-state index contributed by atoms with van der Waals surface area (Å²) < 4.78 is 10.5. The fourth-order valence-electron chi connectivity index (χ4n) is 2.69. The highest BCUT2D eigenvalue weighted by atomic mass is 32.1. The fourth-order valence-corrected chi connectivity index (χ4v) is 2.84. The number of anilines is 1. The number of thiocarbonyl (C=S) groups is 1. The second kappa shape index (κ2) is 10.4. The Bertz CT molecular complexity index is 928. The molecule has 0 saturated carbocycles. The number of hydrazone groups is 1. The number of aryl methyl sites for hydroxylation is 2. The summed E-state index contributed by atoms with van der Waals surface area (Å²) in [6.45, 7) is 5.51. The van der Waals surface area contributed by atoms with E-state index in [2.05, 4.69) is 28.8 Å². The third-order valence-corrected chi connectivity index (χ3v) is 4.43. The standard InChI is InChI=1S/C21H25N3O4S/c1-5-15-8-6-7-13(2)20(15)22-21(29)24-23-14(3)16-9-10-17(18(11-16)27-4)28-12-19(25)26/h6-11H,5,12H2,1-4H3,(H,25,26)(H2,22,24,29)/b23-14-. The van der Waals surface area contributed by atoms with Crippen LogP contribution in [-0.4, -0.2) is 35.6 Å². The van der Waals surface area contributed by atoms with E-state index in [-0.39, 0.29) is 0 Å². The molecule has 0 heterocycles. The molecular formula is C21H25N3O4S. The number of methoxy groups -OCH3 is 1. The van der Waals surface area contributed by atoms with Gasteiger partial charge in [-0.1, -0.05) is 25.1 Å². The molecule has 0 aliphatic carbocycles. The average Bonchev–Trinajstić information content (AvgIpc) is 2.71. The minimum Gasteiger partial charge on any atom is -0.493 e. The van der Waals surface area contributed by atoms with Crippen molar-refractivity contribution in [1.82, 2.24) is 5.43 Å². The molecule has 2 aromatic carbocycles. The van der Waals surface area contributed by atoms with Gasteiger partial charge in [0.05, 0.1) is 12.8 Å². The van der Waals surface area contributed by atoms with Crippen molar-refractivity contribution in [2.75, 3.05) is 19.0 Å².